The van der Waals surface area contributed by atoms with Crippen molar-refractivity contribution in [3.8, 4) is 0 Å². The zero-order valence-electron chi connectivity index (χ0n) is 14.7. The molecule has 0 atom stereocenters. The van der Waals surface area contributed by atoms with Crippen LogP contribution in [0.3, 0.4) is 0 Å². The first-order valence-electron chi connectivity index (χ1n) is 8.87. The Balaban J connectivity index is 1.54. The standard InChI is InChI=1S/C19H22N2O5/c1-2-26-18(25)19(10-11-19)13-3-5-14(6-4-13)20-15(22)9-12-21-16(23)7-8-17(21)24/h3-6H,2,7-12H2,1H3,(H,20,22). The number of likely N-dealkylation sites (tertiary alicyclic amines) is 1. The second kappa shape index (κ2) is 7.27. The molecule has 1 aliphatic carbocycles. The van der Waals surface area contributed by atoms with Gasteiger partial charge in [0.1, 0.15) is 0 Å². The van der Waals surface area contributed by atoms with E-state index in [-0.39, 0.29) is 49.5 Å². The van der Waals surface area contributed by atoms with Gasteiger partial charge in [0.05, 0.1) is 12.0 Å². The van der Waals surface area contributed by atoms with Gasteiger partial charge in [-0.2, -0.15) is 0 Å². The van der Waals surface area contributed by atoms with E-state index < -0.39 is 5.41 Å². The highest BCUT2D eigenvalue weighted by Gasteiger charge is 2.52. The Kier molecular flexibility index (Phi) is 5.06. The molecule has 7 heteroatoms. The third kappa shape index (κ3) is 3.61. The van der Waals surface area contributed by atoms with Gasteiger partial charge in [0.2, 0.25) is 17.7 Å². The normalized spacial score (nSPS) is 18.0. The van der Waals surface area contributed by atoms with Crippen LogP contribution in [-0.4, -0.2) is 41.7 Å². The van der Waals surface area contributed by atoms with Gasteiger partial charge in [-0.25, -0.2) is 0 Å². The fraction of sp³-hybridized carbons (Fsp3) is 0.474. The molecule has 0 bridgehead atoms. The van der Waals surface area contributed by atoms with Gasteiger partial charge in [-0.15, -0.1) is 0 Å². The third-order valence-corrected chi connectivity index (χ3v) is 4.85. The van der Waals surface area contributed by atoms with E-state index in [1.165, 1.54) is 0 Å². The summed E-state index contributed by atoms with van der Waals surface area (Å²) in [6.45, 7) is 2.25. The number of benzene rings is 1. The van der Waals surface area contributed by atoms with E-state index in [1.54, 1.807) is 19.1 Å². The lowest BCUT2D eigenvalue weighted by atomic mass is 9.96. The van der Waals surface area contributed by atoms with E-state index in [0.29, 0.717) is 12.3 Å². The molecular formula is C19H22N2O5. The summed E-state index contributed by atoms with van der Waals surface area (Å²) in [5, 5.41) is 2.74. The van der Waals surface area contributed by atoms with E-state index in [2.05, 4.69) is 5.32 Å². The van der Waals surface area contributed by atoms with E-state index in [0.717, 1.165) is 23.3 Å². The summed E-state index contributed by atoms with van der Waals surface area (Å²) in [5.74, 6) is -0.907. The number of nitrogens with one attached hydrogen (secondary N) is 1. The van der Waals surface area contributed by atoms with Gasteiger partial charge < -0.3 is 10.1 Å². The maximum atomic E-state index is 12.1. The minimum atomic E-state index is -0.533. The van der Waals surface area contributed by atoms with Crippen LogP contribution in [0.1, 0.15) is 44.6 Å². The molecule has 0 unspecified atom stereocenters. The van der Waals surface area contributed by atoms with Crippen molar-refractivity contribution >= 4 is 29.4 Å². The number of esters is 1. The zero-order valence-corrected chi connectivity index (χ0v) is 14.7. The first kappa shape index (κ1) is 18.1. The van der Waals surface area contributed by atoms with Crippen molar-refractivity contribution in [3.63, 3.8) is 0 Å². The second-order valence-corrected chi connectivity index (χ2v) is 6.62. The summed E-state index contributed by atoms with van der Waals surface area (Å²) in [7, 11) is 0. The molecule has 2 aliphatic rings. The van der Waals surface area contributed by atoms with Crippen molar-refractivity contribution in [2.45, 2.75) is 44.4 Å². The van der Waals surface area contributed by atoms with Crippen LogP contribution in [0.4, 0.5) is 5.69 Å². The first-order valence-corrected chi connectivity index (χ1v) is 8.87. The van der Waals surface area contributed by atoms with Gasteiger partial charge in [-0.3, -0.25) is 24.1 Å². The largest absolute Gasteiger partial charge is 0.465 e. The molecule has 138 valence electrons. The predicted octanol–water partition coefficient (Wildman–Crippen LogP) is 1.76. The number of imide groups is 1. The lowest BCUT2D eigenvalue weighted by molar-refractivity contribution is -0.146. The molecule has 1 saturated heterocycles. The van der Waals surface area contributed by atoms with Gasteiger partial charge in [-0.05, 0) is 37.5 Å². The van der Waals surface area contributed by atoms with Crippen molar-refractivity contribution in [1.82, 2.24) is 4.90 Å². The molecule has 2 fully saturated rings. The number of carbonyl (C=O) groups excluding carboxylic acids is 4. The topological polar surface area (TPSA) is 92.8 Å². The Morgan fingerprint density at radius 3 is 2.27 bits per heavy atom. The fourth-order valence-electron chi connectivity index (χ4n) is 3.19. The Morgan fingerprint density at radius 1 is 1.12 bits per heavy atom. The molecule has 0 aromatic heterocycles. The molecule has 1 N–H and O–H groups in total. The van der Waals surface area contributed by atoms with Gasteiger partial charge in [-0.1, -0.05) is 12.1 Å². The third-order valence-electron chi connectivity index (χ3n) is 4.85. The van der Waals surface area contributed by atoms with Crippen molar-refractivity contribution in [1.29, 1.82) is 0 Å². The Labute approximate surface area is 151 Å². The number of rotatable bonds is 7. The quantitative estimate of drug-likeness (QED) is 0.592. The molecule has 1 aliphatic heterocycles. The van der Waals surface area contributed by atoms with Crippen LogP contribution in [0.2, 0.25) is 0 Å². The Morgan fingerprint density at radius 2 is 1.73 bits per heavy atom. The van der Waals surface area contributed by atoms with Crippen LogP contribution < -0.4 is 5.32 Å². The van der Waals surface area contributed by atoms with Gasteiger partial charge in [0.15, 0.2) is 0 Å². The summed E-state index contributed by atoms with van der Waals surface area (Å²) in [6.07, 6.45) is 2.06. The lowest BCUT2D eigenvalue weighted by Crippen LogP contribution is -2.32. The number of nitrogens with zero attached hydrogens (tertiary/aromatic N) is 1. The van der Waals surface area contributed by atoms with Crippen molar-refractivity contribution in [2.75, 3.05) is 18.5 Å². The summed E-state index contributed by atoms with van der Waals surface area (Å²) < 4.78 is 5.15. The second-order valence-electron chi connectivity index (χ2n) is 6.62. The van der Waals surface area contributed by atoms with E-state index in [9.17, 15) is 19.2 Å². The molecule has 0 radical (unpaired) electrons. The van der Waals surface area contributed by atoms with Crippen molar-refractivity contribution < 1.29 is 23.9 Å². The molecule has 7 nitrogen and oxygen atoms in total. The number of hydrogen-bond donors (Lipinski definition) is 1. The minimum Gasteiger partial charge on any atom is -0.465 e. The van der Waals surface area contributed by atoms with E-state index in [4.69, 9.17) is 4.74 Å². The number of hydrogen-bond acceptors (Lipinski definition) is 5. The van der Waals surface area contributed by atoms with Crippen LogP contribution in [0.25, 0.3) is 0 Å². The molecule has 1 heterocycles. The minimum absolute atomic E-state index is 0.0615. The number of carbonyl (C=O) groups is 4. The molecule has 26 heavy (non-hydrogen) atoms. The maximum absolute atomic E-state index is 12.1. The SMILES string of the molecule is CCOC(=O)C1(c2ccc(NC(=O)CCN3C(=O)CCC3=O)cc2)CC1. The molecule has 3 amide bonds. The van der Waals surface area contributed by atoms with Gasteiger partial charge >= 0.3 is 5.97 Å². The zero-order chi connectivity index (χ0) is 18.7. The Bertz CT molecular complexity index is 721. The molecule has 0 spiro atoms. The highest BCUT2D eigenvalue weighted by molar-refractivity contribution is 6.02. The maximum Gasteiger partial charge on any atom is 0.316 e. The molecule has 1 aromatic carbocycles. The number of ether oxygens (including phenoxy) is 1. The molecule has 1 saturated carbocycles. The van der Waals surface area contributed by atoms with Crippen LogP contribution >= 0.6 is 0 Å². The van der Waals surface area contributed by atoms with Gasteiger partial charge in [0.25, 0.3) is 0 Å². The summed E-state index contributed by atoms with van der Waals surface area (Å²) in [4.78, 5) is 48.3. The van der Waals surface area contributed by atoms with Crippen LogP contribution in [0, 0.1) is 0 Å². The highest BCUT2D eigenvalue weighted by Crippen LogP contribution is 2.49. The summed E-state index contributed by atoms with van der Waals surface area (Å²) in [6, 6.07) is 7.15. The number of amides is 3. The molecule has 3 rings (SSSR count). The molecule has 1 aromatic rings. The van der Waals surface area contributed by atoms with E-state index >= 15 is 0 Å². The van der Waals surface area contributed by atoms with Crippen molar-refractivity contribution in [3.05, 3.63) is 29.8 Å². The average molecular weight is 358 g/mol. The summed E-state index contributed by atoms with van der Waals surface area (Å²) >= 11 is 0. The van der Waals surface area contributed by atoms with Crippen LogP contribution in [-0.2, 0) is 29.3 Å². The van der Waals surface area contributed by atoms with Gasteiger partial charge in [0, 0.05) is 31.5 Å². The predicted molar refractivity (Wildman–Crippen MR) is 93.2 cm³/mol. The summed E-state index contributed by atoms with van der Waals surface area (Å²) in [5.41, 5.74) is 0.967. The Hall–Kier alpha value is -2.70. The lowest BCUT2D eigenvalue weighted by Gasteiger charge is -2.15. The van der Waals surface area contributed by atoms with Crippen molar-refractivity contribution in [2.24, 2.45) is 0 Å². The van der Waals surface area contributed by atoms with Crippen LogP contribution in [0.5, 0.6) is 0 Å². The smallest absolute Gasteiger partial charge is 0.316 e. The monoisotopic (exact) mass is 358 g/mol. The highest BCUT2D eigenvalue weighted by atomic mass is 16.5. The fourth-order valence-corrected chi connectivity index (χ4v) is 3.19. The molecular weight excluding hydrogens is 336 g/mol. The first-order chi connectivity index (χ1) is 12.5. The van der Waals surface area contributed by atoms with Crippen LogP contribution in [0.15, 0.2) is 24.3 Å². The average Bonchev–Trinajstić information content (AvgIpc) is 3.37. The van der Waals surface area contributed by atoms with E-state index in [1.807, 2.05) is 12.1 Å². The number of anilines is 1.